The summed E-state index contributed by atoms with van der Waals surface area (Å²) in [5, 5.41) is 77.0. The average Bonchev–Trinajstić information content (AvgIpc) is 0.835. The van der Waals surface area contributed by atoms with Crippen LogP contribution < -0.4 is 86.3 Å². The fourth-order valence-corrected chi connectivity index (χ4v) is 10.1. The van der Waals surface area contributed by atoms with Crippen LogP contribution in [-0.4, -0.2) is 243 Å². The van der Waals surface area contributed by atoms with E-state index in [1.807, 2.05) is 21.3 Å². The Morgan fingerprint density at radius 2 is 1.07 bits per heavy atom. The number of anilines is 1. The molecule has 0 saturated carbocycles. The number of carbonyl (C=O) groups excluding carboxylic acids is 16. The van der Waals surface area contributed by atoms with Crippen LogP contribution in [0.25, 0.3) is 0 Å². The van der Waals surface area contributed by atoms with E-state index in [-0.39, 0.29) is 37.1 Å². The molecule has 0 spiro atoms. The van der Waals surface area contributed by atoms with Crippen LogP contribution in [0.3, 0.4) is 0 Å². The molecule has 1 saturated heterocycles. The number of esters is 1. The molecule has 0 aliphatic carbocycles. The number of nitrogens with one attached hydrogen (secondary N) is 13. The normalized spacial score (nSPS) is 21.9. The molecule has 588 valence electrons. The summed E-state index contributed by atoms with van der Waals surface area (Å²) in [4.78, 5) is 268. The summed E-state index contributed by atoms with van der Waals surface area (Å²) >= 11 is 0. The van der Waals surface area contributed by atoms with E-state index in [1.54, 1.807) is 0 Å². The second-order valence-corrected chi connectivity index (χ2v) is 24.9. The maximum atomic E-state index is 14.7. The van der Waals surface area contributed by atoms with Gasteiger partial charge in [-0.15, -0.1) is 0 Å². The number of nitrogens with two attached hydrogens (primary N) is 3. The molecule has 106 heavy (non-hydrogen) atoms. The zero-order chi connectivity index (χ0) is 80.1. The summed E-state index contributed by atoms with van der Waals surface area (Å²) in [5.41, 5.74) is 16.7. The average molecular weight is 1510 g/mol. The number of para-hydroxylation sites is 1. The van der Waals surface area contributed by atoms with Crippen LogP contribution in [0.15, 0.2) is 24.3 Å². The Labute approximate surface area is 606 Å². The number of amides is 14. The number of unbranched alkanes of at least 4 members (excludes halogenated alkanes) is 6. The molecule has 42 heteroatoms. The molecule has 0 bridgehead atoms. The second kappa shape index (κ2) is 46.3. The molecule has 1 aliphatic heterocycles. The van der Waals surface area contributed by atoms with Crippen molar-refractivity contribution in [2.75, 3.05) is 32.0 Å². The Bertz CT molecular complexity index is 3370. The summed E-state index contributed by atoms with van der Waals surface area (Å²) in [6.07, 6.45) is -3.39. The van der Waals surface area contributed by atoms with Crippen molar-refractivity contribution in [3.8, 4) is 0 Å². The van der Waals surface area contributed by atoms with Gasteiger partial charge in [0, 0.05) is 24.1 Å². The zero-order valence-corrected chi connectivity index (χ0v) is 59.0. The van der Waals surface area contributed by atoms with Crippen LogP contribution in [0.4, 0.5) is 5.69 Å². The van der Waals surface area contributed by atoms with Crippen molar-refractivity contribution in [2.24, 2.45) is 17.4 Å². The van der Waals surface area contributed by atoms with Crippen LogP contribution in [0.2, 0.25) is 0 Å². The third-order valence-electron chi connectivity index (χ3n) is 15.9. The van der Waals surface area contributed by atoms with E-state index >= 15 is 0 Å². The first-order valence-electron chi connectivity index (χ1n) is 33.7. The number of ether oxygens (including phenoxy) is 1. The molecule has 1 aliphatic rings. The molecule has 1 heterocycles. The quantitative estimate of drug-likeness (QED) is 0.0135. The van der Waals surface area contributed by atoms with Crippen LogP contribution in [0.5, 0.6) is 0 Å². The lowest BCUT2D eigenvalue weighted by Crippen LogP contribution is -2.61. The third kappa shape index (κ3) is 33.3. The highest BCUT2D eigenvalue weighted by molar-refractivity contribution is 6.05. The molecular weight excluding hydrogens is 1410 g/mol. The van der Waals surface area contributed by atoms with E-state index in [2.05, 4.69) is 54.8 Å². The fraction of sp³-hybridized carbons (Fsp3) is 0.594. The number of ketones is 1. The number of aliphatic carboxylic acids is 4. The van der Waals surface area contributed by atoms with Crippen molar-refractivity contribution >= 4 is 124 Å². The van der Waals surface area contributed by atoms with Gasteiger partial charge in [-0.1, -0.05) is 64.5 Å². The number of cyclic esters (lactones) is 1. The number of hydrogen-bond donors (Lipinski definition) is 21. The first-order valence-corrected chi connectivity index (χ1v) is 33.7. The van der Waals surface area contributed by atoms with E-state index in [0.717, 1.165) is 59.3 Å². The minimum absolute atomic E-state index is 0.0230. The molecule has 0 radical (unpaired) electrons. The maximum absolute atomic E-state index is 14.7. The molecule has 1 aromatic rings. The first-order chi connectivity index (χ1) is 49.8. The number of Topliss-reactive ketones (excluding diaryl/α,β-unsaturated/α-hetero) is 1. The molecule has 2 rings (SSSR count). The van der Waals surface area contributed by atoms with Gasteiger partial charge in [0.15, 0.2) is 5.78 Å². The van der Waals surface area contributed by atoms with Crippen LogP contribution in [0.1, 0.15) is 148 Å². The van der Waals surface area contributed by atoms with Crippen molar-refractivity contribution in [2.45, 2.75) is 210 Å². The van der Waals surface area contributed by atoms with Crippen LogP contribution in [0, 0.1) is 5.92 Å². The molecule has 1 fully saturated rings. The van der Waals surface area contributed by atoms with Crippen molar-refractivity contribution in [3.05, 3.63) is 29.8 Å². The van der Waals surface area contributed by atoms with Gasteiger partial charge in [-0.05, 0) is 64.6 Å². The highest BCUT2D eigenvalue weighted by atomic mass is 16.5. The summed E-state index contributed by atoms with van der Waals surface area (Å²) < 4.78 is 5.62. The number of primary amides is 1. The lowest BCUT2D eigenvalue weighted by Gasteiger charge is -2.30. The number of nitrogen functional groups attached to an aromatic ring is 1. The van der Waals surface area contributed by atoms with E-state index in [1.165, 1.54) is 31.2 Å². The molecule has 1 aromatic carbocycles. The molecule has 0 aromatic heterocycles. The standard InChI is InChI=1S/C64H96N16O26/c1-6-7-8-9-10-11-12-19-45(84)70-31(3)54(95)74-37(23-44(67)83)59(100)77-40(26-51(93)94)60(101)80-53-33(5)106-64(105)41(22-43(82)34-16-13-14-17-35(34)66)78-63(104)52(30(2)21-48(87)88)79-61(102)42(29-81)73-47(86)27-68-56(97)38(24-49(89)90)75-55(96)32(4)71-58(99)39(25-50(91)92)76-57(98)36(18-15-20-65)72-46(85)28-69-62(53)103/h13-14,16-17,30-33,36-42,52-53,81H,6-12,15,18-29,65-66H2,1-5H3,(H2,67,83)(H,68,97)(H,69,103)(H,70,84)(H,71,99)(H,72,85)(H,73,86)(H,74,95)(H,75,96)(H,76,98)(H,77,100)(H,78,104)(H,79,102)(H,80,101)(H,87,88)(H,89,90)(H,91,92)(H,93,94)/t30-,31-,32+,33+,36-,37-,38-,39-,40-,41-,42+,52-,53-/m0/s1. The molecule has 0 unspecified atom stereocenters. The van der Waals surface area contributed by atoms with Crippen molar-refractivity contribution in [1.29, 1.82) is 0 Å². The maximum Gasteiger partial charge on any atom is 0.329 e. The van der Waals surface area contributed by atoms with Gasteiger partial charge >= 0.3 is 29.8 Å². The summed E-state index contributed by atoms with van der Waals surface area (Å²) in [6, 6.07) is -17.2. The molecular formula is C64H96N16O26. The number of rotatable bonds is 33. The van der Waals surface area contributed by atoms with Gasteiger partial charge in [0.25, 0.3) is 0 Å². The van der Waals surface area contributed by atoms with Gasteiger partial charge in [-0.2, -0.15) is 0 Å². The number of aliphatic hydroxyl groups is 1. The SMILES string of the molecule is CCCCCCCCCC(=O)N[C@@H](C)C(=O)N[C@@H](CC(N)=O)C(=O)N[C@@H](CC(=O)O)C(=O)N[C@@H]1C(=O)NCC(=O)N[C@@H](CCCN)C(=O)N[C@@H](CC(=O)O)C(=O)N[C@H](C)C(=O)N[C@@H](CC(=O)O)C(=O)NCC(=O)N[C@H](CO)C(=O)N[C@@H]([C@@H](C)CC(=O)O)C(=O)N[C@@H](CC(=O)c2ccccc2N)C(=O)O[C@@H]1C. The van der Waals surface area contributed by atoms with Gasteiger partial charge in [-0.3, -0.25) is 91.1 Å². The fourth-order valence-electron chi connectivity index (χ4n) is 10.1. The Balaban J connectivity index is 2.92. The second-order valence-electron chi connectivity index (χ2n) is 24.9. The number of carboxylic acids is 4. The Morgan fingerprint density at radius 3 is 1.63 bits per heavy atom. The minimum Gasteiger partial charge on any atom is -0.481 e. The van der Waals surface area contributed by atoms with Gasteiger partial charge in [0.1, 0.15) is 72.6 Å². The van der Waals surface area contributed by atoms with Gasteiger partial charge < -0.3 is 117 Å². The number of carboxylic acid groups (broad SMARTS) is 4. The molecule has 42 nitrogen and oxygen atoms in total. The summed E-state index contributed by atoms with van der Waals surface area (Å²) in [7, 11) is 0. The molecule has 14 amide bonds. The topological polar surface area (TPSA) is 686 Å². The number of carbonyl (C=O) groups is 20. The van der Waals surface area contributed by atoms with Gasteiger partial charge in [0.2, 0.25) is 82.7 Å². The predicted molar refractivity (Wildman–Crippen MR) is 364 cm³/mol. The van der Waals surface area contributed by atoms with E-state index < -0.39 is 255 Å². The lowest BCUT2D eigenvalue weighted by molar-refractivity contribution is -0.156. The van der Waals surface area contributed by atoms with Crippen molar-refractivity contribution in [1.82, 2.24) is 69.1 Å². The molecule has 13 atom stereocenters. The Morgan fingerprint density at radius 1 is 0.547 bits per heavy atom. The largest absolute Gasteiger partial charge is 0.481 e. The Hall–Kier alpha value is -11.5. The highest BCUT2D eigenvalue weighted by Gasteiger charge is 2.41. The Kier molecular flexibility index (Phi) is 39.6. The van der Waals surface area contributed by atoms with Gasteiger partial charge in [0.05, 0.1) is 51.8 Å². The minimum atomic E-state index is -2.42. The number of aliphatic hydroxyl groups excluding tert-OH is 1. The zero-order valence-electron chi connectivity index (χ0n) is 59.0. The van der Waals surface area contributed by atoms with E-state index in [4.69, 9.17) is 21.9 Å². The predicted octanol–water partition coefficient (Wildman–Crippen LogP) is -7.33. The lowest BCUT2D eigenvalue weighted by atomic mass is 9.96. The van der Waals surface area contributed by atoms with Crippen molar-refractivity contribution in [3.63, 3.8) is 0 Å². The van der Waals surface area contributed by atoms with E-state index in [0.29, 0.717) is 6.42 Å². The smallest absolute Gasteiger partial charge is 0.329 e. The van der Waals surface area contributed by atoms with Crippen LogP contribution in [-0.2, 0) is 95.8 Å². The summed E-state index contributed by atoms with van der Waals surface area (Å²) in [5.74, 6) is -29.6. The first kappa shape index (κ1) is 90.6. The van der Waals surface area contributed by atoms with Crippen molar-refractivity contribution < 1.29 is 126 Å². The number of benzene rings is 1. The third-order valence-corrected chi connectivity index (χ3v) is 15.9. The van der Waals surface area contributed by atoms with E-state index in [9.17, 15) is 121 Å². The van der Waals surface area contributed by atoms with Crippen LogP contribution >= 0.6 is 0 Å². The monoisotopic (exact) mass is 1500 g/mol. The highest BCUT2D eigenvalue weighted by Crippen LogP contribution is 2.18. The number of hydrogen-bond acceptors (Lipinski definition) is 24. The molecule has 24 N–H and O–H groups in total. The van der Waals surface area contributed by atoms with Gasteiger partial charge in [-0.25, -0.2) is 4.79 Å². The summed E-state index contributed by atoms with van der Waals surface area (Å²) in [6.45, 7) is 2.36.